The van der Waals surface area contributed by atoms with Crippen LogP contribution in [-0.2, 0) is 0 Å². The molecule has 0 atom stereocenters. The summed E-state index contributed by atoms with van der Waals surface area (Å²) in [5.74, 6) is -0.934. The predicted octanol–water partition coefficient (Wildman–Crippen LogP) is 4.58. The number of carboxylic acid groups (broad SMARTS) is 1. The molecule has 95 valence electrons. The largest absolute Gasteiger partial charge is 0.478 e. The van der Waals surface area contributed by atoms with Crippen molar-refractivity contribution in [2.24, 2.45) is 0 Å². The van der Waals surface area contributed by atoms with Crippen LogP contribution >= 0.6 is 11.6 Å². The molecule has 0 saturated heterocycles. The number of carbonyl (C=O) groups is 1. The third kappa shape index (κ3) is 7.76. The molecule has 0 aliphatic heterocycles. The van der Waals surface area contributed by atoms with E-state index in [0.29, 0.717) is 5.02 Å². The smallest absolute Gasteiger partial charge is 0.335 e. The van der Waals surface area contributed by atoms with Gasteiger partial charge >= 0.3 is 61.4 Å². The SMILES string of the molecule is C[CH2][Pb]([CH2]C)[CH2]C.O=C(O)c1ccc(Cl)cc1. The van der Waals surface area contributed by atoms with E-state index >= 15 is 0 Å². The Morgan fingerprint density at radius 1 is 1.12 bits per heavy atom. The standard InChI is InChI=1S/C7H5ClO2.3C2H5.Pb/c8-6-3-1-5(2-4-6)7(9)10;3*1-2;/h1-4H,(H,9,10);3*1H2,2H3;. The van der Waals surface area contributed by atoms with Crippen LogP contribution in [0.4, 0.5) is 0 Å². The molecule has 0 aliphatic carbocycles. The van der Waals surface area contributed by atoms with Gasteiger partial charge in [0.1, 0.15) is 0 Å². The summed E-state index contributed by atoms with van der Waals surface area (Å²) in [5, 5.41) is 8.98. The first-order chi connectivity index (χ1) is 8.04. The Kier molecular flexibility index (Phi) is 9.83. The maximum atomic E-state index is 10.3. The van der Waals surface area contributed by atoms with E-state index in [1.54, 1.807) is 24.1 Å². The summed E-state index contributed by atoms with van der Waals surface area (Å²) in [6.07, 6.45) is 0. The van der Waals surface area contributed by atoms with Gasteiger partial charge in [0.25, 0.3) is 0 Å². The Morgan fingerprint density at radius 3 is 1.76 bits per heavy atom. The first-order valence-electron chi connectivity index (χ1n) is 5.87. The number of carboxylic acids is 1. The molecule has 1 rings (SSSR count). The summed E-state index contributed by atoms with van der Waals surface area (Å²) in [6.45, 7) is 7.07. The molecule has 4 heteroatoms. The summed E-state index contributed by atoms with van der Waals surface area (Å²) in [5.41, 5.74) is 0.254. The van der Waals surface area contributed by atoms with Gasteiger partial charge in [-0.15, -0.1) is 0 Å². The minimum absolute atomic E-state index is 0.254. The summed E-state index contributed by atoms with van der Waals surface area (Å²) in [7, 11) is 0. The average Bonchev–Trinajstić information content (AvgIpc) is 2.32. The number of benzene rings is 1. The normalized spacial score (nSPS) is 9.71. The molecule has 17 heavy (non-hydrogen) atoms. The summed E-state index contributed by atoms with van der Waals surface area (Å²) in [4.78, 5) is 10.3. The van der Waals surface area contributed by atoms with Crippen LogP contribution in [0.2, 0.25) is 17.0 Å². The fourth-order valence-electron chi connectivity index (χ4n) is 1.34. The van der Waals surface area contributed by atoms with Gasteiger partial charge in [-0.25, -0.2) is 4.79 Å². The molecule has 2 nitrogen and oxygen atoms in total. The molecule has 0 fully saturated rings. The molecule has 1 aromatic rings. The third-order valence-electron chi connectivity index (χ3n) is 2.59. The first-order valence-corrected chi connectivity index (χ1v) is 14.5. The Bertz CT molecular complexity index is 315. The van der Waals surface area contributed by atoms with Crippen molar-refractivity contribution in [1.82, 2.24) is 0 Å². The Hall–Kier alpha value is -0.0979. The maximum Gasteiger partial charge on any atom is 0.335 e. The molecular formula is C13H20ClO2Pb. The summed E-state index contributed by atoms with van der Waals surface area (Å²) >= 11 is 4.73. The van der Waals surface area contributed by atoms with Crippen molar-refractivity contribution in [3.8, 4) is 0 Å². The minimum Gasteiger partial charge on any atom is -0.478 e. The van der Waals surface area contributed by atoms with Crippen molar-refractivity contribution in [2.75, 3.05) is 0 Å². The predicted molar refractivity (Wildman–Crippen MR) is 75.6 cm³/mol. The quantitative estimate of drug-likeness (QED) is 0.682. The number of halogens is 1. The van der Waals surface area contributed by atoms with Gasteiger partial charge in [0.05, 0.1) is 5.56 Å². The Labute approximate surface area is 117 Å². The second-order valence-corrected chi connectivity index (χ2v) is 18.1. The molecule has 1 aromatic carbocycles. The molecule has 0 spiro atoms. The first kappa shape index (κ1) is 16.9. The zero-order valence-corrected chi connectivity index (χ0v) is 15.3. The van der Waals surface area contributed by atoms with E-state index in [-0.39, 0.29) is 5.56 Å². The average molecular weight is 451 g/mol. The van der Waals surface area contributed by atoms with Gasteiger partial charge < -0.3 is 5.11 Å². The van der Waals surface area contributed by atoms with Crippen molar-refractivity contribution < 1.29 is 9.90 Å². The van der Waals surface area contributed by atoms with Gasteiger partial charge in [0.2, 0.25) is 0 Å². The van der Waals surface area contributed by atoms with E-state index < -0.39 is 28.7 Å². The minimum atomic E-state index is -0.934. The third-order valence-corrected chi connectivity index (χ3v) is 14.5. The Balaban J connectivity index is 0.000000325. The van der Waals surface area contributed by atoms with Crippen LogP contribution in [0.3, 0.4) is 0 Å². The van der Waals surface area contributed by atoms with Crippen LogP contribution in [0.1, 0.15) is 31.1 Å². The van der Waals surface area contributed by atoms with Crippen LogP contribution < -0.4 is 0 Å². The number of aromatic carboxylic acids is 1. The molecule has 0 unspecified atom stereocenters. The fourth-order valence-corrected chi connectivity index (χ4v) is 7.30. The summed E-state index contributed by atoms with van der Waals surface area (Å²) in [6, 6.07) is 6.02. The van der Waals surface area contributed by atoms with Crippen molar-refractivity contribution in [3.63, 3.8) is 0 Å². The van der Waals surface area contributed by atoms with Crippen LogP contribution in [0.5, 0.6) is 0 Å². The molecule has 0 amide bonds. The molecule has 0 aliphatic rings. The molecule has 0 bridgehead atoms. The van der Waals surface area contributed by atoms with Crippen LogP contribution in [-0.4, -0.2) is 33.8 Å². The van der Waals surface area contributed by atoms with Gasteiger partial charge in [0.15, 0.2) is 0 Å². The van der Waals surface area contributed by atoms with E-state index in [4.69, 9.17) is 16.7 Å². The second kappa shape index (κ2) is 9.88. The zero-order valence-electron chi connectivity index (χ0n) is 10.7. The van der Waals surface area contributed by atoms with Crippen molar-refractivity contribution in [3.05, 3.63) is 34.9 Å². The van der Waals surface area contributed by atoms with Gasteiger partial charge in [-0.05, 0) is 24.3 Å². The molecule has 0 heterocycles. The molecule has 1 N–H and O–H groups in total. The van der Waals surface area contributed by atoms with Crippen molar-refractivity contribution >= 4 is 40.3 Å². The molecule has 0 saturated carbocycles. The van der Waals surface area contributed by atoms with Crippen LogP contribution in [0.25, 0.3) is 0 Å². The molecular weight excluding hydrogens is 431 g/mol. The van der Waals surface area contributed by atoms with Crippen molar-refractivity contribution in [1.29, 1.82) is 0 Å². The van der Waals surface area contributed by atoms with Gasteiger partial charge in [0, 0.05) is 5.02 Å². The monoisotopic (exact) mass is 451 g/mol. The van der Waals surface area contributed by atoms with Gasteiger partial charge in [-0.3, -0.25) is 0 Å². The van der Waals surface area contributed by atoms with E-state index in [0.717, 1.165) is 0 Å². The number of hydrogen-bond donors (Lipinski definition) is 1. The van der Waals surface area contributed by atoms with E-state index in [1.165, 1.54) is 12.1 Å². The van der Waals surface area contributed by atoms with Gasteiger partial charge in [-0.1, -0.05) is 11.6 Å². The van der Waals surface area contributed by atoms with Crippen molar-refractivity contribution in [2.45, 2.75) is 32.7 Å². The number of rotatable bonds is 4. The number of hydrogen-bond acceptors (Lipinski definition) is 1. The fraction of sp³-hybridized carbons (Fsp3) is 0.462. The topological polar surface area (TPSA) is 37.3 Å². The Morgan fingerprint density at radius 2 is 1.53 bits per heavy atom. The molecule has 0 aromatic heterocycles. The van der Waals surface area contributed by atoms with E-state index in [1.807, 2.05) is 0 Å². The van der Waals surface area contributed by atoms with E-state index in [2.05, 4.69) is 20.8 Å². The summed E-state index contributed by atoms with van der Waals surface area (Å²) < 4.78 is 4.70. The molecule has 1 radical (unpaired) electrons. The van der Waals surface area contributed by atoms with E-state index in [9.17, 15) is 4.79 Å². The zero-order chi connectivity index (χ0) is 13.3. The van der Waals surface area contributed by atoms with Gasteiger partial charge in [-0.2, -0.15) is 0 Å². The second-order valence-electron chi connectivity index (χ2n) is 3.62. The maximum absolute atomic E-state index is 10.3. The van der Waals surface area contributed by atoms with Crippen LogP contribution in [0, 0.1) is 0 Å². The van der Waals surface area contributed by atoms with Crippen LogP contribution in [0.15, 0.2) is 24.3 Å².